The van der Waals surface area contributed by atoms with E-state index in [0.717, 1.165) is 5.56 Å². The molecular formula is C14H12N2O2S. The van der Waals surface area contributed by atoms with Crippen molar-refractivity contribution in [2.24, 2.45) is 0 Å². The lowest BCUT2D eigenvalue weighted by Gasteiger charge is -1.98. The Kier molecular flexibility index (Phi) is 3.83. The zero-order chi connectivity index (χ0) is 13.8. The van der Waals surface area contributed by atoms with Gasteiger partial charge in [-0.05, 0) is 12.5 Å². The Morgan fingerprint density at radius 2 is 2.11 bits per heavy atom. The second kappa shape index (κ2) is 5.55. The Hall–Kier alpha value is -2.32. The van der Waals surface area contributed by atoms with Crippen molar-refractivity contribution in [3.05, 3.63) is 40.8 Å². The van der Waals surface area contributed by atoms with Crippen LogP contribution in [0.3, 0.4) is 0 Å². The highest BCUT2D eigenvalue weighted by molar-refractivity contribution is 7.18. The normalized spacial score (nSPS) is 9.89. The van der Waals surface area contributed by atoms with Crippen LogP contribution in [0, 0.1) is 11.3 Å². The molecule has 0 aliphatic carbocycles. The fraction of sp³-hybridized carbons (Fsp3) is 0.143. The van der Waals surface area contributed by atoms with Gasteiger partial charge in [0.05, 0.1) is 22.7 Å². The predicted molar refractivity (Wildman–Crippen MR) is 74.8 cm³/mol. The number of carbonyl (C=O) groups excluding carboxylic acids is 1. The fourth-order valence-electron chi connectivity index (χ4n) is 1.70. The lowest BCUT2D eigenvalue weighted by molar-refractivity contribution is 0.0533. The molecular weight excluding hydrogens is 260 g/mol. The number of nitrogen functional groups attached to an aromatic ring is 1. The minimum absolute atomic E-state index is 0.199. The third-order valence-electron chi connectivity index (χ3n) is 2.55. The van der Waals surface area contributed by atoms with Crippen LogP contribution in [-0.2, 0) is 4.74 Å². The van der Waals surface area contributed by atoms with Crippen LogP contribution in [0.5, 0.6) is 0 Å². The molecule has 0 saturated heterocycles. The highest BCUT2D eigenvalue weighted by Crippen LogP contribution is 2.38. The maximum absolute atomic E-state index is 11.8. The SMILES string of the molecule is CCOC(=O)c1sc(-c2ccccc2)c(C#N)c1N. The number of hydrogen-bond acceptors (Lipinski definition) is 5. The minimum atomic E-state index is -0.483. The van der Waals surface area contributed by atoms with Crippen LogP contribution in [0.25, 0.3) is 10.4 Å². The van der Waals surface area contributed by atoms with Crippen molar-refractivity contribution in [2.75, 3.05) is 12.3 Å². The molecule has 4 nitrogen and oxygen atoms in total. The van der Waals surface area contributed by atoms with Crippen LogP contribution < -0.4 is 5.73 Å². The Balaban J connectivity index is 2.55. The number of esters is 1. The lowest BCUT2D eigenvalue weighted by atomic mass is 10.1. The van der Waals surface area contributed by atoms with E-state index in [9.17, 15) is 10.1 Å². The summed E-state index contributed by atoms with van der Waals surface area (Å²) in [6.07, 6.45) is 0. The van der Waals surface area contributed by atoms with Crippen molar-refractivity contribution in [3.63, 3.8) is 0 Å². The van der Waals surface area contributed by atoms with Crippen LogP contribution in [0.4, 0.5) is 5.69 Å². The number of hydrogen-bond donors (Lipinski definition) is 1. The largest absolute Gasteiger partial charge is 0.462 e. The van der Waals surface area contributed by atoms with Gasteiger partial charge < -0.3 is 10.5 Å². The number of ether oxygens (including phenoxy) is 1. The van der Waals surface area contributed by atoms with Gasteiger partial charge in [-0.25, -0.2) is 4.79 Å². The van der Waals surface area contributed by atoms with Crippen molar-refractivity contribution in [2.45, 2.75) is 6.92 Å². The fourth-order valence-corrected chi connectivity index (χ4v) is 2.77. The first-order valence-electron chi connectivity index (χ1n) is 5.74. The highest BCUT2D eigenvalue weighted by Gasteiger charge is 2.22. The Morgan fingerprint density at radius 1 is 1.42 bits per heavy atom. The minimum Gasteiger partial charge on any atom is -0.462 e. The molecule has 19 heavy (non-hydrogen) atoms. The zero-order valence-corrected chi connectivity index (χ0v) is 11.2. The lowest BCUT2D eigenvalue weighted by Crippen LogP contribution is -2.05. The van der Waals surface area contributed by atoms with Crippen LogP contribution in [0.15, 0.2) is 30.3 Å². The molecule has 0 saturated carbocycles. The number of thiophene rings is 1. The topological polar surface area (TPSA) is 76.1 Å². The third kappa shape index (κ3) is 2.44. The van der Waals surface area contributed by atoms with Crippen LogP contribution in [0.2, 0.25) is 0 Å². The smallest absolute Gasteiger partial charge is 0.350 e. The van der Waals surface area contributed by atoms with Gasteiger partial charge in [0, 0.05) is 0 Å². The number of anilines is 1. The molecule has 0 amide bonds. The number of benzene rings is 1. The molecule has 0 radical (unpaired) electrons. The monoisotopic (exact) mass is 272 g/mol. The molecule has 2 rings (SSSR count). The molecule has 1 aromatic carbocycles. The standard InChI is InChI=1S/C14H12N2O2S/c1-2-18-14(17)13-11(16)10(8-15)12(19-13)9-6-4-3-5-7-9/h3-7H,2,16H2,1H3. The number of rotatable bonds is 3. The van der Waals surface area contributed by atoms with Crippen molar-refractivity contribution < 1.29 is 9.53 Å². The van der Waals surface area contributed by atoms with Crippen molar-refractivity contribution in [3.8, 4) is 16.5 Å². The average molecular weight is 272 g/mol. The summed E-state index contributed by atoms with van der Waals surface area (Å²) >= 11 is 1.19. The van der Waals surface area contributed by atoms with E-state index < -0.39 is 5.97 Å². The number of carbonyl (C=O) groups is 1. The van der Waals surface area contributed by atoms with Gasteiger partial charge in [-0.2, -0.15) is 5.26 Å². The molecule has 0 spiro atoms. The van der Waals surface area contributed by atoms with Crippen molar-refractivity contribution in [1.29, 1.82) is 5.26 Å². The van der Waals surface area contributed by atoms with E-state index in [1.165, 1.54) is 11.3 Å². The molecule has 0 unspecified atom stereocenters. The summed E-state index contributed by atoms with van der Waals surface area (Å²) in [6, 6.07) is 11.4. The first-order valence-corrected chi connectivity index (χ1v) is 6.55. The Labute approximate surface area is 115 Å². The van der Waals surface area contributed by atoms with Gasteiger partial charge in [0.25, 0.3) is 0 Å². The van der Waals surface area contributed by atoms with Gasteiger partial charge in [-0.1, -0.05) is 30.3 Å². The molecule has 1 aromatic heterocycles. The Bertz CT molecular complexity index is 641. The molecule has 0 aliphatic heterocycles. The molecule has 2 aromatic rings. The first kappa shape index (κ1) is 13.1. The summed E-state index contributed by atoms with van der Waals surface area (Å²) < 4.78 is 4.94. The quantitative estimate of drug-likeness (QED) is 0.871. The van der Waals surface area contributed by atoms with Gasteiger partial charge >= 0.3 is 5.97 Å². The number of nitrogens with zero attached hydrogens (tertiary/aromatic N) is 1. The summed E-state index contributed by atoms with van der Waals surface area (Å²) in [5, 5.41) is 9.21. The molecule has 0 fully saturated rings. The number of nitriles is 1. The highest BCUT2D eigenvalue weighted by atomic mass is 32.1. The molecule has 96 valence electrons. The third-order valence-corrected chi connectivity index (χ3v) is 3.79. The molecule has 0 atom stereocenters. The van der Waals surface area contributed by atoms with Crippen molar-refractivity contribution in [1.82, 2.24) is 0 Å². The maximum atomic E-state index is 11.8. The molecule has 1 heterocycles. The molecule has 0 aliphatic rings. The molecule has 2 N–H and O–H groups in total. The first-order chi connectivity index (χ1) is 9.19. The van der Waals surface area contributed by atoms with Gasteiger partial charge in [-0.3, -0.25) is 0 Å². The molecule has 0 bridgehead atoms. The summed E-state index contributed by atoms with van der Waals surface area (Å²) in [5.41, 5.74) is 7.27. The van der Waals surface area contributed by atoms with Crippen molar-refractivity contribution >= 4 is 23.0 Å². The number of nitrogens with two attached hydrogens (primary N) is 1. The summed E-state index contributed by atoms with van der Waals surface area (Å²) in [4.78, 5) is 12.8. The Morgan fingerprint density at radius 3 is 2.68 bits per heavy atom. The summed E-state index contributed by atoms with van der Waals surface area (Å²) in [7, 11) is 0. The van der Waals surface area contributed by atoms with E-state index in [2.05, 4.69) is 6.07 Å². The maximum Gasteiger partial charge on any atom is 0.350 e. The average Bonchev–Trinajstić information content (AvgIpc) is 2.77. The molecule has 5 heteroatoms. The second-order valence-electron chi connectivity index (χ2n) is 3.75. The van der Waals surface area contributed by atoms with E-state index >= 15 is 0 Å². The van der Waals surface area contributed by atoms with Crippen LogP contribution in [-0.4, -0.2) is 12.6 Å². The van der Waals surface area contributed by atoms with Gasteiger partial charge in [0.1, 0.15) is 10.9 Å². The van der Waals surface area contributed by atoms with E-state index in [-0.39, 0.29) is 17.2 Å². The summed E-state index contributed by atoms with van der Waals surface area (Å²) in [6.45, 7) is 2.00. The van der Waals surface area contributed by atoms with E-state index in [1.807, 2.05) is 30.3 Å². The van der Waals surface area contributed by atoms with Crippen LogP contribution >= 0.6 is 11.3 Å². The van der Waals surface area contributed by atoms with Gasteiger partial charge in [0.15, 0.2) is 0 Å². The van der Waals surface area contributed by atoms with E-state index in [4.69, 9.17) is 10.5 Å². The zero-order valence-electron chi connectivity index (χ0n) is 10.3. The van der Waals surface area contributed by atoms with Gasteiger partial charge in [0.2, 0.25) is 0 Å². The predicted octanol–water partition coefficient (Wildman–Crippen LogP) is 3.05. The van der Waals surface area contributed by atoms with Gasteiger partial charge in [-0.15, -0.1) is 11.3 Å². The van der Waals surface area contributed by atoms with E-state index in [1.54, 1.807) is 6.92 Å². The van der Waals surface area contributed by atoms with E-state index in [0.29, 0.717) is 10.4 Å². The summed E-state index contributed by atoms with van der Waals surface area (Å²) in [5.74, 6) is -0.483. The second-order valence-corrected chi connectivity index (χ2v) is 4.77. The van der Waals surface area contributed by atoms with Crippen LogP contribution in [0.1, 0.15) is 22.2 Å².